The maximum atomic E-state index is 13.0. The van der Waals surface area contributed by atoms with Crippen LogP contribution in [0.2, 0.25) is 0 Å². The van der Waals surface area contributed by atoms with E-state index in [0.29, 0.717) is 0 Å². The highest BCUT2D eigenvalue weighted by molar-refractivity contribution is 5.71. The number of hydrogen-bond donors (Lipinski definition) is 1. The van der Waals surface area contributed by atoms with E-state index in [2.05, 4.69) is 0 Å². The van der Waals surface area contributed by atoms with Gasteiger partial charge >= 0.3 is 5.97 Å². The van der Waals surface area contributed by atoms with Gasteiger partial charge in [0.05, 0.1) is 5.92 Å². The molecule has 1 saturated carbocycles. The van der Waals surface area contributed by atoms with Crippen LogP contribution in [0.1, 0.15) is 13.3 Å². The van der Waals surface area contributed by atoms with Gasteiger partial charge < -0.3 is 5.11 Å². The van der Waals surface area contributed by atoms with Crippen LogP contribution in [0.5, 0.6) is 0 Å². The standard InChI is InChI=1S/C8H11F3O2/c1-3-6(8(12)13)4(9)2-5(10)7(3)11/h3-7H,2H2,1H3,(H,12,13). The van der Waals surface area contributed by atoms with Crippen LogP contribution in [0.4, 0.5) is 13.2 Å². The predicted octanol–water partition coefficient (Wildman–Crippen LogP) is 1.74. The first-order valence-corrected chi connectivity index (χ1v) is 4.10. The first-order chi connectivity index (χ1) is 5.95. The third-order valence-electron chi connectivity index (χ3n) is 2.54. The summed E-state index contributed by atoms with van der Waals surface area (Å²) in [4.78, 5) is 10.5. The van der Waals surface area contributed by atoms with Crippen LogP contribution in [-0.2, 0) is 4.79 Å². The third-order valence-corrected chi connectivity index (χ3v) is 2.54. The highest BCUT2D eigenvalue weighted by Gasteiger charge is 2.47. The number of rotatable bonds is 1. The smallest absolute Gasteiger partial charge is 0.309 e. The molecule has 0 aliphatic heterocycles. The van der Waals surface area contributed by atoms with Gasteiger partial charge in [-0.3, -0.25) is 4.79 Å². The molecule has 1 fully saturated rings. The van der Waals surface area contributed by atoms with Gasteiger partial charge in [-0.2, -0.15) is 0 Å². The van der Waals surface area contributed by atoms with Crippen molar-refractivity contribution in [3.63, 3.8) is 0 Å². The molecule has 5 atom stereocenters. The Morgan fingerprint density at radius 3 is 2.31 bits per heavy atom. The summed E-state index contributed by atoms with van der Waals surface area (Å²) in [5.41, 5.74) is 0. The van der Waals surface area contributed by atoms with Gasteiger partial charge in [-0.05, 0) is 0 Å². The molecule has 1 aliphatic rings. The fourth-order valence-electron chi connectivity index (χ4n) is 1.73. The van der Waals surface area contributed by atoms with Crippen molar-refractivity contribution < 1.29 is 23.1 Å². The Morgan fingerprint density at radius 2 is 1.85 bits per heavy atom. The van der Waals surface area contributed by atoms with Crippen molar-refractivity contribution in [2.75, 3.05) is 0 Å². The molecule has 1 rings (SSSR count). The van der Waals surface area contributed by atoms with Crippen LogP contribution in [0.15, 0.2) is 0 Å². The van der Waals surface area contributed by atoms with E-state index in [1.54, 1.807) is 0 Å². The first-order valence-electron chi connectivity index (χ1n) is 4.10. The minimum absolute atomic E-state index is 0.650. The van der Waals surface area contributed by atoms with Crippen LogP contribution in [0, 0.1) is 11.8 Å². The van der Waals surface area contributed by atoms with Gasteiger partial charge in [-0.15, -0.1) is 0 Å². The Balaban J connectivity index is 2.79. The molecule has 0 spiro atoms. The zero-order valence-electron chi connectivity index (χ0n) is 7.08. The topological polar surface area (TPSA) is 37.3 Å². The second-order valence-corrected chi connectivity index (χ2v) is 3.44. The van der Waals surface area contributed by atoms with E-state index in [1.807, 2.05) is 0 Å². The van der Waals surface area contributed by atoms with Gasteiger partial charge in [0, 0.05) is 12.3 Å². The zero-order valence-corrected chi connectivity index (χ0v) is 7.08. The number of halogens is 3. The van der Waals surface area contributed by atoms with Gasteiger partial charge in [-0.25, -0.2) is 13.2 Å². The minimum Gasteiger partial charge on any atom is -0.481 e. The van der Waals surface area contributed by atoms with Crippen molar-refractivity contribution in [1.82, 2.24) is 0 Å². The van der Waals surface area contributed by atoms with Crippen LogP contribution in [0.25, 0.3) is 0 Å². The molecule has 5 heteroatoms. The molecule has 0 amide bonds. The van der Waals surface area contributed by atoms with E-state index >= 15 is 0 Å². The molecule has 0 radical (unpaired) electrons. The Hall–Kier alpha value is -0.740. The molecule has 0 aromatic heterocycles. The summed E-state index contributed by atoms with van der Waals surface area (Å²) in [6.07, 6.45) is -6.18. The predicted molar refractivity (Wildman–Crippen MR) is 39.6 cm³/mol. The summed E-state index contributed by atoms with van der Waals surface area (Å²) in [5.74, 6) is -3.91. The van der Waals surface area contributed by atoms with Crippen LogP contribution in [0.3, 0.4) is 0 Å². The van der Waals surface area contributed by atoms with Crippen molar-refractivity contribution in [3.8, 4) is 0 Å². The van der Waals surface area contributed by atoms with Gasteiger partial charge in [0.2, 0.25) is 0 Å². The van der Waals surface area contributed by atoms with E-state index in [1.165, 1.54) is 6.92 Å². The van der Waals surface area contributed by atoms with Gasteiger partial charge in [-0.1, -0.05) is 6.92 Å². The normalized spacial score (nSPS) is 46.0. The molecule has 76 valence electrons. The van der Waals surface area contributed by atoms with Crippen LogP contribution in [-0.4, -0.2) is 29.6 Å². The number of carbonyl (C=O) groups is 1. The summed E-state index contributed by atoms with van der Waals surface area (Å²) in [7, 11) is 0. The molecule has 1 aliphatic carbocycles. The molecular weight excluding hydrogens is 185 g/mol. The number of hydrogen-bond acceptors (Lipinski definition) is 1. The summed E-state index contributed by atoms with van der Waals surface area (Å²) >= 11 is 0. The SMILES string of the molecule is CC1C(F)C(F)CC(F)C1C(=O)O. The maximum absolute atomic E-state index is 13.0. The summed E-state index contributed by atoms with van der Waals surface area (Å²) in [6, 6.07) is 0. The number of carboxylic acids is 1. The molecular formula is C8H11F3O2. The van der Waals surface area contributed by atoms with Gasteiger partial charge in [0.25, 0.3) is 0 Å². The summed E-state index contributed by atoms with van der Waals surface area (Å²) in [5, 5.41) is 8.55. The van der Waals surface area contributed by atoms with Crippen LogP contribution >= 0.6 is 0 Å². The third kappa shape index (κ3) is 1.78. The molecule has 13 heavy (non-hydrogen) atoms. The molecule has 0 bridgehead atoms. The lowest BCUT2D eigenvalue weighted by Gasteiger charge is -2.33. The monoisotopic (exact) mass is 196 g/mol. The minimum atomic E-state index is -1.87. The Labute approximate surface area is 73.7 Å². The molecule has 1 N–H and O–H groups in total. The van der Waals surface area contributed by atoms with Crippen molar-refractivity contribution >= 4 is 5.97 Å². The van der Waals surface area contributed by atoms with Crippen LogP contribution < -0.4 is 0 Å². The summed E-state index contributed by atoms with van der Waals surface area (Å²) < 4.78 is 38.6. The lowest BCUT2D eigenvalue weighted by Crippen LogP contribution is -2.46. The fourth-order valence-corrected chi connectivity index (χ4v) is 1.73. The highest BCUT2D eigenvalue weighted by atomic mass is 19.2. The van der Waals surface area contributed by atoms with Crippen molar-refractivity contribution in [1.29, 1.82) is 0 Å². The second kappa shape index (κ2) is 3.55. The fraction of sp³-hybridized carbons (Fsp3) is 0.875. The van der Waals surface area contributed by atoms with Crippen molar-refractivity contribution in [2.24, 2.45) is 11.8 Å². The molecule has 0 saturated heterocycles. The van der Waals surface area contributed by atoms with Crippen molar-refractivity contribution in [3.05, 3.63) is 0 Å². The van der Waals surface area contributed by atoms with Crippen molar-refractivity contribution in [2.45, 2.75) is 31.9 Å². The Morgan fingerprint density at radius 1 is 1.31 bits per heavy atom. The average molecular weight is 196 g/mol. The number of alkyl halides is 3. The second-order valence-electron chi connectivity index (χ2n) is 3.44. The van der Waals surface area contributed by atoms with Gasteiger partial charge in [0.1, 0.15) is 18.5 Å². The van der Waals surface area contributed by atoms with E-state index in [0.717, 1.165) is 0 Å². The zero-order chi connectivity index (χ0) is 10.2. The molecule has 0 heterocycles. The quantitative estimate of drug-likeness (QED) is 0.693. The van der Waals surface area contributed by atoms with E-state index in [-0.39, 0.29) is 0 Å². The lowest BCUT2D eigenvalue weighted by molar-refractivity contribution is -0.151. The maximum Gasteiger partial charge on any atom is 0.309 e. The van der Waals surface area contributed by atoms with E-state index in [9.17, 15) is 18.0 Å². The molecule has 5 unspecified atom stereocenters. The molecule has 0 aromatic carbocycles. The molecule has 0 aromatic rings. The Bertz CT molecular complexity index is 210. The molecule has 2 nitrogen and oxygen atoms in total. The Kier molecular flexibility index (Phi) is 2.83. The summed E-state index contributed by atoms with van der Waals surface area (Å²) in [6.45, 7) is 1.22. The average Bonchev–Trinajstić information content (AvgIpc) is 1.99. The van der Waals surface area contributed by atoms with E-state index in [4.69, 9.17) is 5.11 Å². The number of carboxylic acid groups (broad SMARTS) is 1. The largest absolute Gasteiger partial charge is 0.481 e. The van der Waals surface area contributed by atoms with E-state index < -0.39 is 42.7 Å². The highest BCUT2D eigenvalue weighted by Crippen LogP contribution is 2.36. The number of aliphatic carboxylic acids is 1. The van der Waals surface area contributed by atoms with Gasteiger partial charge in [0.15, 0.2) is 0 Å². The lowest BCUT2D eigenvalue weighted by atomic mass is 9.77. The first kappa shape index (κ1) is 10.3.